The van der Waals surface area contributed by atoms with Crippen LogP contribution in [0.25, 0.3) is 0 Å². The van der Waals surface area contributed by atoms with Crippen LogP contribution >= 0.6 is 11.8 Å². The summed E-state index contributed by atoms with van der Waals surface area (Å²) in [5, 5.41) is 17.7. The molecular weight excluding hydrogens is 198 g/mol. The maximum absolute atomic E-state index is 10.8. The zero-order chi connectivity index (χ0) is 10.7. The van der Waals surface area contributed by atoms with Crippen LogP contribution in [0.3, 0.4) is 0 Å². The molecule has 4 heteroatoms. The number of nitriles is 1. The Kier molecular flexibility index (Phi) is 3.15. The highest BCUT2D eigenvalue weighted by molar-refractivity contribution is 7.98. The molecule has 0 aliphatic heterocycles. The summed E-state index contributed by atoms with van der Waals surface area (Å²) in [6, 6.07) is 5.22. The first-order chi connectivity index (χ1) is 6.61. The predicted molar refractivity (Wildman–Crippen MR) is 54.6 cm³/mol. The second kappa shape index (κ2) is 4.16. The molecule has 1 aromatic rings. The van der Waals surface area contributed by atoms with E-state index in [1.54, 1.807) is 13.0 Å². The van der Waals surface area contributed by atoms with Crippen LogP contribution in [0.4, 0.5) is 0 Å². The molecule has 0 radical (unpaired) electrons. The quantitative estimate of drug-likeness (QED) is 0.756. The van der Waals surface area contributed by atoms with Crippen LogP contribution in [-0.2, 0) is 0 Å². The molecule has 0 aliphatic carbocycles. The molecule has 72 valence electrons. The molecule has 0 atom stereocenters. The van der Waals surface area contributed by atoms with E-state index in [0.717, 1.165) is 4.90 Å². The van der Waals surface area contributed by atoms with Crippen LogP contribution in [0.2, 0.25) is 0 Å². The summed E-state index contributed by atoms with van der Waals surface area (Å²) in [6.45, 7) is 1.65. The van der Waals surface area contributed by atoms with Crippen LogP contribution in [0.5, 0.6) is 0 Å². The molecule has 1 N–H and O–H groups in total. The van der Waals surface area contributed by atoms with E-state index in [2.05, 4.69) is 0 Å². The third-order valence-corrected chi connectivity index (χ3v) is 2.77. The lowest BCUT2D eigenvalue weighted by atomic mass is 10.0. The molecule has 14 heavy (non-hydrogen) atoms. The van der Waals surface area contributed by atoms with Crippen molar-refractivity contribution in [2.45, 2.75) is 11.8 Å². The Morgan fingerprint density at radius 3 is 2.64 bits per heavy atom. The second-order valence-corrected chi connectivity index (χ2v) is 3.58. The highest BCUT2D eigenvalue weighted by Crippen LogP contribution is 2.25. The third kappa shape index (κ3) is 1.73. The van der Waals surface area contributed by atoms with Crippen molar-refractivity contribution in [2.75, 3.05) is 6.26 Å². The topological polar surface area (TPSA) is 61.1 Å². The van der Waals surface area contributed by atoms with Gasteiger partial charge in [-0.3, -0.25) is 0 Å². The number of thioether (sulfide) groups is 1. The maximum atomic E-state index is 10.8. The van der Waals surface area contributed by atoms with Crippen LogP contribution < -0.4 is 0 Å². The number of carboxylic acids is 1. The Hall–Kier alpha value is -1.47. The van der Waals surface area contributed by atoms with Gasteiger partial charge in [-0.25, -0.2) is 4.79 Å². The maximum Gasteiger partial charge on any atom is 0.335 e. The molecule has 0 heterocycles. The molecule has 0 aromatic heterocycles. The number of hydrogen-bond donors (Lipinski definition) is 1. The fourth-order valence-corrected chi connectivity index (χ4v) is 1.83. The summed E-state index contributed by atoms with van der Waals surface area (Å²) >= 11 is 1.44. The third-order valence-electron chi connectivity index (χ3n) is 1.99. The normalized spacial score (nSPS) is 9.50. The van der Waals surface area contributed by atoms with E-state index in [9.17, 15) is 4.79 Å². The molecule has 3 nitrogen and oxygen atoms in total. The fraction of sp³-hybridized carbons (Fsp3) is 0.200. The molecule has 0 unspecified atom stereocenters. The van der Waals surface area contributed by atoms with Crippen molar-refractivity contribution in [1.82, 2.24) is 0 Å². The number of hydrogen-bond acceptors (Lipinski definition) is 3. The van der Waals surface area contributed by atoms with Crippen molar-refractivity contribution in [3.63, 3.8) is 0 Å². The SMILES string of the molecule is CSc1ccc(C(=O)O)c(C)c1C#N. The van der Waals surface area contributed by atoms with Crippen LogP contribution in [-0.4, -0.2) is 17.3 Å². The first-order valence-electron chi connectivity index (χ1n) is 3.92. The van der Waals surface area contributed by atoms with E-state index in [1.807, 2.05) is 12.3 Å². The minimum atomic E-state index is -0.994. The van der Waals surface area contributed by atoms with Gasteiger partial charge in [-0.2, -0.15) is 5.26 Å². The van der Waals surface area contributed by atoms with Crippen molar-refractivity contribution in [3.8, 4) is 6.07 Å². The molecule has 0 saturated carbocycles. The lowest BCUT2D eigenvalue weighted by molar-refractivity contribution is 0.0696. The Labute approximate surface area is 86.4 Å². The van der Waals surface area contributed by atoms with E-state index in [4.69, 9.17) is 10.4 Å². The first-order valence-corrected chi connectivity index (χ1v) is 5.15. The summed E-state index contributed by atoms with van der Waals surface area (Å²) in [5.74, 6) is -0.994. The molecule has 1 rings (SSSR count). The monoisotopic (exact) mass is 207 g/mol. The van der Waals surface area contributed by atoms with Gasteiger partial charge < -0.3 is 5.11 Å². The number of nitrogens with zero attached hydrogens (tertiary/aromatic N) is 1. The van der Waals surface area contributed by atoms with Gasteiger partial charge in [0.15, 0.2) is 0 Å². The van der Waals surface area contributed by atoms with Crippen molar-refractivity contribution in [3.05, 3.63) is 28.8 Å². The number of carboxylic acid groups (broad SMARTS) is 1. The van der Waals surface area contributed by atoms with Gasteiger partial charge in [0.1, 0.15) is 6.07 Å². The number of carbonyl (C=O) groups is 1. The van der Waals surface area contributed by atoms with Crippen LogP contribution in [0.1, 0.15) is 21.5 Å². The predicted octanol–water partition coefficient (Wildman–Crippen LogP) is 2.29. The molecule has 0 bridgehead atoms. The van der Waals surface area contributed by atoms with Crippen LogP contribution in [0, 0.1) is 18.3 Å². The standard InChI is InChI=1S/C10H9NO2S/c1-6-7(10(12)13)3-4-9(14-2)8(6)5-11/h3-4H,1-2H3,(H,12,13). The zero-order valence-electron chi connectivity index (χ0n) is 7.87. The molecular formula is C10H9NO2S. The molecule has 1 aromatic carbocycles. The van der Waals surface area contributed by atoms with Gasteiger partial charge in [0.25, 0.3) is 0 Å². The highest BCUT2D eigenvalue weighted by Gasteiger charge is 2.13. The number of rotatable bonds is 2. The van der Waals surface area contributed by atoms with Gasteiger partial charge in [-0.05, 0) is 30.9 Å². The lowest BCUT2D eigenvalue weighted by Gasteiger charge is -2.06. The Morgan fingerprint density at radius 2 is 2.21 bits per heavy atom. The Morgan fingerprint density at radius 1 is 1.57 bits per heavy atom. The Balaban J connectivity index is 3.44. The summed E-state index contributed by atoms with van der Waals surface area (Å²) in [5.41, 5.74) is 1.18. The zero-order valence-corrected chi connectivity index (χ0v) is 8.68. The highest BCUT2D eigenvalue weighted by atomic mass is 32.2. The van der Waals surface area contributed by atoms with Gasteiger partial charge in [0, 0.05) is 4.90 Å². The van der Waals surface area contributed by atoms with Crippen LogP contribution in [0.15, 0.2) is 17.0 Å². The van der Waals surface area contributed by atoms with Crippen molar-refractivity contribution >= 4 is 17.7 Å². The summed E-state index contributed by atoms with van der Waals surface area (Å²) in [7, 11) is 0. The molecule has 0 aliphatic rings. The van der Waals surface area contributed by atoms with Gasteiger partial charge in [0.05, 0.1) is 11.1 Å². The summed E-state index contributed by atoms with van der Waals surface area (Å²) < 4.78 is 0. The van der Waals surface area contributed by atoms with E-state index < -0.39 is 5.97 Å². The minimum absolute atomic E-state index is 0.194. The lowest BCUT2D eigenvalue weighted by Crippen LogP contribution is -2.02. The molecule has 0 saturated heterocycles. The average Bonchev–Trinajstić information content (AvgIpc) is 2.16. The molecule has 0 fully saturated rings. The first kappa shape index (κ1) is 10.6. The summed E-state index contributed by atoms with van der Waals surface area (Å²) in [4.78, 5) is 11.6. The summed E-state index contributed by atoms with van der Waals surface area (Å²) in [6.07, 6.45) is 1.86. The Bertz CT molecular complexity index is 421. The minimum Gasteiger partial charge on any atom is -0.478 e. The van der Waals surface area contributed by atoms with E-state index in [-0.39, 0.29) is 5.56 Å². The van der Waals surface area contributed by atoms with E-state index in [0.29, 0.717) is 11.1 Å². The molecule has 0 amide bonds. The van der Waals surface area contributed by atoms with Gasteiger partial charge in [0.2, 0.25) is 0 Å². The largest absolute Gasteiger partial charge is 0.478 e. The van der Waals surface area contributed by atoms with E-state index in [1.165, 1.54) is 17.8 Å². The van der Waals surface area contributed by atoms with Gasteiger partial charge in [-0.15, -0.1) is 11.8 Å². The number of benzene rings is 1. The number of aromatic carboxylic acids is 1. The van der Waals surface area contributed by atoms with Crippen molar-refractivity contribution < 1.29 is 9.90 Å². The smallest absolute Gasteiger partial charge is 0.335 e. The van der Waals surface area contributed by atoms with Gasteiger partial charge in [-0.1, -0.05) is 0 Å². The average molecular weight is 207 g/mol. The van der Waals surface area contributed by atoms with E-state index >= 15 is 0 Å². The fourth-order valence-electron chi connectivity index (χ4n) is 1.23. The van der Waals surface area contributed by atoms with Crippen molar-refractivity contribution in [1.29, 1.82) is 5.26 Å². The van der Waals surface area contributed by atoms with Crippen molar-refractivity contribution in [2.24, 2.45) is 0 Å². The molecule has 0 spiro atoms. The van der Waals surface area contributed by atoms with Gasteiger partial charge >= 0.3 is 5.97 Å². The second-order valence-electron chi connectivity index (χ2n) is 2.73.